The Bertz CT molecular complexity index is 837. The Balaban J connectivity index is 1.49. The number of nitrogens with one attached hydrogen (secondary N) is 1. The third-order valence-corrected chi connectivity index (χ3v) is 5.33. The topological polar surface area (TPSA) is 55.4 Å². The molecule has 1 N–H and O–H groups in total. The van der Waals surface area contributed by atoms with Crippen molar-refractivity contribution in [1.82, 2.24) is 5.32 Å². The molecule has 2 aromatic carbocycles. The molecule has 5 heteroatoms. The zero-order chi connectivity index (χ0) is 19.4. The van der Waals surface area contributed by atoms with Crippen molar-refractivity contribution in [3.63, 3.8) is 0 Å². The number of hydrogen-bond acceptors (Lipinski definition) is 3. The van der Waals surface area contributed by atoms with Gasteiger partial charge in [-0.25, -0.2) is 4.39 Å². The first-order valence-electron chi connectivity index (χ1n) is 9.17. The Morgan fingerprint density at radius 2 is 1.93 bits per heavy atom. The molecule has 3 rings (SSSR count). The lowest BCUT2D eigenvalue weighted by Crippen LogP contribution is -2.27. The summed E-state index contributed by atoms with van der Waals surface area (Å²) < 4.78 is 19.1. The molecule has 27 heavy (non-hydrogen) atoms. The summed E-state index contributed by atoms with van der Waals surface area (Å²) in [6.45, 7) is 4.55. The molecule has 1 amide bonds. The molecular formula is C22H24FNO3. The highest BCUT2D eigenvalue weighted by Crippen LogP contribution is 2.53. The van der Waals surface area contributed by atoms with Gasteiger partial charge in [0.05, 0.1) is 6.42 Å². The quantitative estimate of drug-likeness (QED) is 0.751. The predicted octanol–water partition coefficient (Wildman–Crippen LogP) is 3.99. The van der Waals surface area contributed by atoms with E-state index >= 15 is 0 Å². The summed E-state index contributed by atoms with van der Waals surface area (Å²) >= 11 is 0. The molecule has 0 aliphatic heterocycles. The summed E-state index contributed by atoms with van der Waals surface area (Å²) in [5, 5.41) is 2.66. The van der Waals surface area contributed by atoms with Crippen LogP contribution in [0.1, 0.15) is 48.2 Å². The second-order valence-electron chi connectivity index (χ2n) is 7.40. The van der Waals surface area contributed by atoms with Gasteiger partial charge in [0.25, 0.3) is 5.91 Å². The second-order valence-corrected chi connectivity index (χ2v) is 7.40. The van der Waals surface area contributed by atoms with Crippen LogP contribution in [0.3, 0.4) is 0 Å². The highest BCUT2D eigenvalue weighted by Gasteiger charge is 2.48. The van der Waals surface area contributed by atoms with Crippen LogP contribution in [-0.2, 0) is 21.6 Å². The Morgan fingerprint density at radius 1 is 1.22 bits per heavy atom. The Labute approximate surface area is 158 Å². The lowest BCUT2D eigenvalue weighted by Gasteiger charge is -2.13. The van der Waals surface area contributed by atoms with Gasteiger partial charge >= 0.3 is 5.97 Å². The number of halogens is 1. The zero-order valence-corrected chi connectivity index (χ0v) is 15.6. The maximum absolute atomic E-state index is 13.9. The molecule has 0 bridgehead atoms. The fourth-order valence-corrected chi connectivity index (χ4v) is 3.22. The highest BCUT2D eigenvalue weighted by molar-refractivity contribution is 5.94. The highest BCUT2D eigenvalue weighted by atomic mass is 19.1. The van der Waals surface area contributed by atoms with Crippen molar-refractivity contribution in [2.24, 2.45) is 5.92 Å². The number of benzene rings is 2. The number of hydrogen-bond donors (Lipinski definition) is 1. The molecule has 1 aliphatic carbocycles. The lowest BCUT2D eigenvalue weighted by molar-refractivity contribution is -0.144. The number of amides is 1. The molecule has 2 aromatic rings. The van der Waals surface area contributed by atoms with E-state index in [4.69, 9.17) is 4.74 Å². The maximum atomic E-state index is 13.9. The van der Waals surface area contributed by atoms with E-state index in [1.165, 1.54) is 12.1 Å². The first kappa shape index (κ1) is 19.1. The van der Waals surface area contributed by atoms with E-state index in [0.29, 0.717) is 5.92 Å². The molecule has 2 atom stereocenters. The van der Waals surface area contributed by atoms with Crippen molar-refractivity contribution >= 4 is 11.9 Å². The van der Waals surface area contributed by atoms with Gasteiger partial charge in [-0.05, 0) is 47.1 Å². The van der Waals surface area contributed by atoms with E-state index in [-0.39, 0.29) is 36.5 Å². The van der Waals surface area contributed by atoms with E-state index in [1.807, 2.05) is 30.3 Å². The molecule has 1 aliphatic rings. The fourth-order valence-electron chi connectivity index (χ4n) is 3.22. The van der Waals surface area contributed by atoms with Crippen molar-refractivity contribution in [3.05, 3.63) is 71.0 Å². The van der Waals surface area contributed by atoms with Crippen LogP contribution in [0.25, 0.3) is 0 Å². The fraction of sp³-hybridized carbons (Fsp3) is 0.364. The molecule has 4 nitrogen and oxygen atoms in total. The maximum Gasteiger partial charge on any atom is 0.307 e. The summed E-state index contributed by atoms with van der Waals surface area (Å²) in [5.41, 5.74) is 1.98. The van der Waals surface area contributed by atoms with Crippen LogP contribution in [-0.4, -0.2) is 18.4 Å². The SMILES string of the molecule is CC1CC1(C)c1cc(F)cc(C(=O)NCCC(=O)OCc2ccccc2)c1. The zero-order valence-electron chi connectivity index (χ0n) is 15.6. The van der Waals surface area contributed by atoms with Gasteiger partial charge in [-0.3, -0.25) is 9.59 Å². The summed E-state index contributed by atoms with van der Waals surface area (Å²) in [7, 11) is 0. The van der Waals surface area contributed by atoms with E-state index in [1.54, 1.807) is 6.07 Å². The minimum absolute atomic E-state index is 0.0572. The number of rotatable bonds is 7. The average molecular weight is 369 g/mol. The molecule has 2 unspecified atom stereocenters. The molecule has 0 radical (unpaired) electrons. The molecule has 0 aromatic heterocycles. The number of ether oxygens (including phenoxy) is 1. The van der Waals surface area contributed by atoms with Crippen LogP contribution in [0.2, 0.25) is 0 Å². The summed E-state index contributed by atoms with van der Waals surface area (Å²) in [6, 6.07) is 13.9. The summed E-state index contributed by atoms with van der Waals surface area (Å²) in [6.07, 6.45) is 1.06. The molecule has 1 saturated carbocycles. The van der Waals surface area contributed by atoms with Crippen molar-refractivity contribution < 1.29 is 18.7 Å². The normalized spacial score (nSPS) is 20.8. The van der Waals surface area contributed by atoms with Gasteiger partial charge in [-0.1, -0.05) is 44.2 Å². The smallest absolute Gasteiger partial charge is 0.307 e. The minimum Gasteiger partial charge on any atom is -0.461 e. The number of carbonyl (C=O) groups excluding carboxylic acids is 2. The molecule has 0 heterocycles. The van der Waals surface area contributed by atoms with E-state index in [2.05, 4.69) is 19.2 Å². The second kappa shape index (κ2) is 7.91. The molecule has 1 fully saturated rings. The first-order valence-corrected chi connectivity index (χ1v) is 9.17. The largest absolute Gasteiger partial charge is 0.461 e. The molecule has 0 saturated heterocycles. The number of carbonyl (C=O) groups is 2. The molecule has 0 spiro atoms. The summed E-state index contributed by atoms with van der Waals surface area (Å²) in [4.78, 5) is 24.1. The van der Waals surface area contributed by atoms with Crippen LogP contribution in [0.15, 0.2) is 48.5 Å². The van der Waals surface area contributed by atoms with Gasteiger partial charge in [0.2, 0.25) is 0 Å². The van der Waals surface area contributed by atoms with Crippen LogP contribution in [0.4, 0.5) is 4.39 Å². The predicted molar refractivity (Wildman–Crippen MR) is 101 cm³/mol. The Kier molecular flexibility index (Phi) is 5.59. The first-order chi connectivity index (χ1) is 12.9. The van der Waals surface area contributed by atoms with Crippen LogP contribution >= 0.6 is 0 Å². The van der Waals surface area contributed by atoms with Gasteiger partial charge < -0.3 is 10.1 Å². The monoisotopic (exact) mass is 369 g/mol. The Hall–Kier alpha value is -2.69. The van der Waals surface area contributed by atoms with Crippen LogP contribution in [0.5, 0.6) is 0 Å². The molecule has 142 valence electrons. The van der Waals surface area contributed by atoms with E-state index in [0.717, 1.165) is 17.5 Å². The van der Waals surface area contributed by atoms with Gasteiger partial charge in [0, 0.05) is 12.1 Å². The van der Waals surface area contributed by atoms with Gasteiger partial charge in [0.15, 0.2) is 0 Å². The molecular weight excluding hydrogens is 345 g/mol. The van der Waals surface area contributed by atoms with Gasteiger partial charge in [0.1, 0.15) is 12.4 Å². The van der Waals surface area contributed by atoms with Gasteiger partial charge in [-0.2, -0.15) is 0 Å². The van der Waals surface area contributed by atoms with E-state index < -0.39 is 11.8 Å². The third kappa shape index (κ3) is 4.73. The number of esters is 1. The van der Waals surface area contributed by atoms with Crippen LogP contribution < -0.4 is 5.32 Å². The van der Waals surface area contributed by atoms with Gasteiger partial charge in [-0.15, -0.1) is 0 Å². The van der Waals surface area contributed by atoms with E-state index in [9.17, 15) is 14.0 Å². The van der Waals surface area contributed by atoms with Crippen LogP contribution in [0, 0.1) is 11.7 Å². The lowest BCUT2D eigenvalue weighted by atomic mass is 9.94. The minimum atomic E-state index is -0.416. The Morgan fingerprint density at radius 3 is 2.59 bits per heavy atom. The van der Waals surface area contributed by atoms with Crippen molar-refractivity contribution in [2.45, 2.75) is 38.7 Å². The third-order valence-electron chi connectivity index (χ3n) is 5.33. The van der Waals surface area contributed by atoms with Crippen molar-refractivity contribution in [1.29, 1.82) is 0 Å². The van der Waals surface area contributed by atoms with Crippen molar-refractivity contribution in [3.8, 4) is 0 Å². The average Bonchev–Trinajstić information content (AvgIpc) is 3.28. The van der Waals surface area contributed by atoms with Crippen molar-refractivity contribution in [2.75, 3.05) is 6.54 Å². The standard InChI is InChI=1S/C22H24FNO3/c1-15-13-22(15,2)18-10-17(11-19(23)12-18)21(26)24-9-8-20(25)27-14-16-6-4-3-5-7-16/h3-7,10-12,15H,8-9,13-14H2,1-2H3,(H,24,26). The summed E-state index contributed by atoms with van der Waals surface area (Å²) in [5.74, 6) is -0.711.